The lowest BCUT2D eigenvalue weighted by Crippen LogP contribution is -2.44. The first-order valence-corrected chi connectivity index (χ1v) is 11.5. The van der Waals surface area contributed by atoms with E-state index < -0.39 is 23.7 Å². The fourth-order valence-corrected chi connectivity index (χ4v) is 4.46. The average Bonchev–Trinajstić information content (AvgIpc) is 2.78. The summed E-state index contributed by atoms with van der Waals surface area (Å²) in [6, 6.07) is 15.7. The molecule has 2 N–H and O–H groups in total. The van der Waals surface area contributed by atoms with Gasteiger partial charge in [0, 0.05) is 21.1 Å². The van der Waals surface area contributed by atoms with Crippen molar-refractivity contribution in [1.82, 2.24) is 5.32 Å². The summed E-state index contributed by atoms with van der Waals surface area (Å²) in [6.45, 7) is 0. The van der Waals surface area contributed by atoms with Gasteiger partial charge in [-0.25, -0.2) is 0 Å². The topological polar surface area (TPSA) is 108 Å². The van der Waals surface area contributed by atoms with Crippen molar-refractivity contribution >= 4 is 62.8 Å². The van der Waals surface area contributed by atoms with Gasteiger partial charge in [0.25, 0.3) is 0 Å². The number of halogens is 2. The number of benzene rings is 2. The second-order valence-electron chi connectivity index (χ2n) is 6.72. The van der Waals surface area contributed by atoms with Gasteiger partial charge in [0.15, 0.2) is 0 Å². The molecule has 2 aromatic rings. The van der Waals surface area contributed by atoms with Crippen molar-refractivity contribution in [2.75, 3.05) is 18.2 Å². The lowest BCUT2D eigenvalue weighted by atomic mass is 9.78. The van der Waals surface area contributed by atoms with Crippen LogP contribution in [0.15, 0.2) is 63.6 Å². The molecule has 0 saturated carbocycles. The number of ether oxygens (including phenoxy) is 1. The zero-order valence-corrected chi connectivity index (χ0v) is 19.9. The van der Waals surface area contributed by atoms with E-state index in [1.807, 2.05) is 0 Å². The molecule has 0 radical (unpaired) electrons. The number of nitrogens with zero attached hydrogens (tertiary/aromatic N) is 1. The van der Waals surface area contributed by atoms with Crippen LogP contribution in [0, 0.1) is 17.2 Å². The Balaban J connectivity index is 1.87. The highest BCUT2D eigenvalue weighted by molar-refractivity contribution is 9.10. The molecular weight excluding hydrogens is 518 g/mol. The molecule has 0 aromatic heterocycles. The van der Waals surface area contributed by atoms with Gasteiger partial charge in [-0.05, 0) is 42.0 Å². The molecule has 2 atom stereocenters. The minimum absolute atomic E-state index is 0.0485. The van der Waals surface area contributed by atoms with Gasteiger partial charge >= 0.3 is 5.97 Å². The summed E-state index contributed by atoms with van der Waals surface area (Å²) < 4.78 is 5.69. The maximum Gasteiger partial charge on any atom is 0.319 e. The summed E-state index contributed by atoms with van der Waals surface area (Å²) >= 11 is 10.3. The van der Waals surface area contributed by atoms with Crippen molar-refractivity contribution in [3.63, 3.8) is 0 Å². The van der Waals surface area contributed by atoms with Crippen LogP contribution in [-0.4, -0.2) is 30.6 Å². The van der Waals surface area contributed by atoms with E-state index in [2.05, 4.69) is 32.6 Å². The molecule has 10 heteroatoms. The van der Waals surface area contributed by atoms with E-state index in [-0.39, 0.29) is 22.3 Å². The molecule has 1 aliphatic rings. The number of hydrogen-bond donors (Lipinski definition) is 2. The molecule has 0 spiro atoms. The van der Waals surface area contributed by atoms with Crippen molar-refractivity contribution in [2.45, 2.75) is 5.92 Å². The van der Waals surface area contributed by atoms with E-state index in [4.69, 9.17) is 16.3 Å². The zero-order chi connectivity index (χ0) is 23.3. The molecule has 1 aliphatic heterocycles. The van der Waals surface area contributed by atoms with E-state index in [1.54, 1.807) is 48.5 Å². The SMILES string of the molecule is COC(=O)[C@H]1C(=O)NC(SCC(=O)Nc2ccc(Br)cc2)=C(C#N)[C@@H]1c1ccc(Cl)cc1. The molecule has 0 aliphatic carbocycles. The average molecular weight is 535 g/mol. The van der Waals surface area contributed by atoms with Crippen LogP contribution in [0.5, 0.6) is 0 Å². The first kappa shape index (κ1) is 23.9. The number of nitrogens with one attached hydrogen (secondary N) is 2. The number of allylic oxidation sites excluding steroid dienone is 1. The van der Waals surface area contributed by atoms with E-state index >= 15 is 0 Å². The van der Waals surface area contributed by atoms with E-state index in [1.165, 1.54) is 7.11 Å². The Morgan fingerprint density at radius 1 is 1.22 bits per heavy atom. The number of thioether (sulfide) groups is 1. The second-order valence-corrected chi connectivity index (χ2v) is 9.06. The van der Waals surface area contributed by atoms with E-state index in [0.717, 1.165) is 16.2 Å². The van der Waals surface area contributed by atoms with Crippen molar-refractivity contribution in [1.29, 1.82) is 5.26 Å². The Morgan fingerprint density at radius 2 is 1.88 bits per heavy atom. The number of hydrogen-bond acceptors (Lipinski definition) is 6. The van der Waals surface area contributed by atoms with Gasteiger partial charge in [0.2, 0.25) is 11.8 Å². The van der Waals surface area contributed by atoms with Crippen LogP contribution in [0.3, 0.4) is 0 Å². The predicted octanol–water partition coefficient (Wildman–Crippen LogP) is 4.21. The van der Waals surface area contributed by atoms with Crippen LogP contribution in [0.4, 0.5) is 5.69 Å². The number of amides is 2. The van der Waals surface area contributed by atoms with Crippen LogP contribution >= 0.6 is 39.3 Å². The summed E-state index contributed by atoms with van der Waals surface area (Å²) in [5, 5.41) is 15.9. The number of esters is 1. The number of rotatable bonds is 6. The maximum atomic E-state index is 12.8. The van der Waals surface area contributed by atoms with E-state index in [0.29, 0.717) is 16.3 Å². The quantitative estimate of drug-likeness (QED) is 0.425. The fourth-order valence-electron chi connectivity index (χ4n) is 3.22. The molecule has 2 amide bonds. The molecule has 0 saturated heterocycles. The maximum absolute atomic E-state index is 12.8. The highest BCUT2D eigenvalue weighted by Crippen LogP contribution is 2.40. The smallest absolute Gasteiger partial charge is 0.319 e. The molecule has 2 aromatic carbocycles. The number of methoxy groups -OCH3 is 1. The molecule has 32 heavy (non-hydrogen) atoms. The van der Waals surface area contributed by atoms with Crippen molar-refractivity contribution < 1.29 is 19.1 Å². The standard InChI is InChI=1S/C22H17BrClN3O4S/c1-31-22(30)19-18(12-2-6-14(24)7-3-12)16(10-25)21(27-20(19)29)32-11-17(28)26-15-8-4-13(23)5-9-15/h2-9,18-19H,11H2,1H3,(H,26,28)(H,27,29)/t18-,19+/m0/s1. The third-order valence-electron chi connectivity index (χ3n) is 4.69. The lowest BCUT2D eigenvalue weighted by molar-refractivity contribution is -0.150. The predicted molar refractivity (Wildman–Crippen MR) is 126 cm³/mol. The van der Waals surface area contributed by atoms with Crippen molar-refractivity contribution in [2.24, 2.45) is 5.92 Å². The number of anilines is 1. The Hall–Kier alpha value is -2.80. The highest BCUT2D eigenvalue weighted by atomic mass is 79.9. The first-order chi connectivity index (χ1) is 15.3. The Kier molecular flexibility index (Phi) is 7.96. The van der Waals surface area contributed by atoms with Gasteiger partial charge in [-0.1, -0.05) is 51.4 Å². The zero-order valence-electron chi connectivity index (χ0n) is 16.7. The summed E-state index contributed by atoms with van der Waals surface area (Å²) in [7, 11) is 1.18. The molecule has 0 unspecified atom stereocenters. The van der Waals surface area contributed by atoms with Crippen LogP contribution in [-0.2, 0) is 19.1 Å². The Morgan fingerprint density at radius 3 is 2.47 bits per heavy atom. The molecule has 3 rings (SSSR count). The normalized spacial score (nSPS) is 17.9. The molecule has 1 heterocycles. The summed E-state index contributed by atoms with van der Waals surface area (Å²) in [5.41, 5.74) is 1.35. The van der Waals surface area contributed by atoms with Crippen LogP contribution < -0.4 is 10.6 Å². The van der Waals surface area contributed by atoms with E-state index in [9.17, 15) is 19.6 Å². The third-order valence-corrected chi connectivity index (χ3v) is 6.49. The summed E-state index contributed by atoms with van der Waals surface area (Å²) in [6.07, 6.45) is 0. The van der Waals surface area contributed by atoms with Gasteiger partial charge in [-0.2, -0.15) is 5.26 Å². The molecule has 0 fully saturated rings. The number of carbonyl (C=O) groups excluding carboxylic acids is 3. The molecule has 164 valence electrons. The number of carbonyl (C=O) groups is 3. The largest absolute Gasteiger partial charge is 0.468 e. The van der Waals surface area contributed by atoms with Gasteiger partial charge in [0.1, 0.15) is 5.92 Å². The van der Waals surface area contributed by atoms with Crippen LogP contribution in [0.1, 0.15) is 11.5 Å². The van der Waals surface area contributed by atoms with Crippen molar-refractivity contribution in [3.8, 4) is 6.07 Å². The van der Waals surface area contributed by atoms with Gasteiger partial charge < -0.3 is 15.4 Å². The van der Waals surface area contributed by atoms with Gasteiger partial charge in [-0.3, -0.25) is 14.4 Å². The van der Waals surface area contributed by atoms with Crippen LogP contribution in [0.2, 0.25) is 5.02 Å². The first-order valence-electron chi connectivity index (χ1n) is 9.30. The monoisotopic (exact) mass is 533 g/mol. The van der Waals surface area contributed by atoms with Crippen molar-refractivity contribution in [3.05, 3.63) is 74.2 Å². The Labute approximate surface area is 202 Å². The molecule has 0 bridgehead atoms. The number of nitriles is 1. The lowest BCUT2D eigenvalue weighted by Gasteiger charge is -2.30. The summed E-state index contributed by atoms with van der Waals surface area (Å²) in [5.74, 6) is -3.83. The minimum atomic E-state index is -1.24. The summed E-state index contributed by atoms with van der Waals surface area (Å²) in [4.78, 5) is 37.5. The second kappa shape index (κ2) is 10.7. The fraction of sp³-hybridized carbons (Fsp3) is 0.182. The molecular formula is C22H17BrClN3O4S. The minimum Gasteiger partial charge on any atom is -0.468 e. The van der Waals surface area contributed by atoms with Crippen LogP contribution in [0.25, 0.3) is 0 Å². The van der Waals surface area contributed by atoms with Gasteiger partial charge in [0.05, 0.1) is 29.5 Å². The third kappa shape index (κ3) is 5.51. The highest BCUT2D eigenvalue weighted by Gasteiger charge is 2.44. The molecule has 7 nitrogen and oxygen atoms in total. The van der Waals surface area contributed by atoms with Gasteiger partial charge in [-0.15, -0.1) is 0 Å². The Bertz CT molecular complexity index is 1110.